The summed E-state index contributed by atoms with van der Waals surface area (Å²) in [6.07, 6.45) is 17.5. The highest BCUT2D eigenvalue weighted by molar-refractivity contribution is 5.70. The van der Waals surface area contributed by atoms with Gasteiger partial charge in [0.2, 0.25) is 0 Å². The molecule has 204 valence electrons. The van der Waals surface area contributed by atoms with Crippen molar-refractivity contribution < 1.29 is 19.4 Å². The number of hydrogen-bond donors (Lipinski definition) is 2. The monoisotopic (exact) mass is 502 g/mol. The third kappa shape index (κ3) is 10.5. The molecule has 0 bridgehead atoms. The number of aldehydes is 1. The van der Waals surface area contributed by atoms with E-state index in [-0.39, 0.29) is 24.9 Å². The summed E-state index contributed by atoms with van der Waals surface area (Å²) in [6, 6.07) is 6.09. The van der Waals surface area contributed by atoms with E-state index in [2.05, 4.69) is 19.6 Å². The topological polar surface area (TPSA) is 57.5 Å². The van der Waals surface area contributed by atoms with Gasteiger partial charge in [-0.1, -0.05) is 57.7 Å². The van der Waals surface area contributed by atoms with Gasteiger partial charge in [0.05, 0.1) is 0 Å². The predicted octanol–water partition coefficient (Wildman–Crippen LogP) is 7.78. The normalized spacial score (nSPS) is 24.2. The van der Waals surface area contributed by atoms with Crippen LogP contribution in [-0.2, 0) is 11.2 Å². The Morgan fingerprint density at radius 2 is 1.61 bits per heavy atom. The Hall–Kier alpha value is -1.52. The molecule has 0 radical (unpaired) electrons. The fourth-order valence-corrected chi connectivity index (χ4v) is 6.17. The molecule has 0 aromatic heterocycles. The highest BCUT2D eigenvalue weighted by atomic mass is 19.1. The van der Waals surface area contributed by atoms with Crippen molar-refractivity contribution in [1.82, 2.24) is 0 Å². The highest BCUT2D eigenvalue weighted by Crippen LogP contribution is 2.44. The number of hydrogen-bond acceptors (Lipinski definition) is 3. The third-order valence-corrected chi connectivity index (χ3v) is 8.63. The van der Waals surface area contributed by atoms with Gasteiger partial charge in [-0.05, 0) is 111 Å². The molecule has 1 aromatic rings. The summed E-state index contributed by atoms with van der Waals surface area (Å²) in [5.41, 5.74) is 2.69. The molecule has 2 saturated carbocycles. The number of rotatable bonds is 12. The number of allylic oxidation sites excluding steroid dienone is 1. The zero-order valence-corrected chi connectivity index (χ0v) is 22.9. The van der Waals surface area contributed by atoms with Gasteiger partial charge in [0, 0.05) is 19.1 Å². The van der Waals surface area contributed by atoms with Gasteiger partial charge in [0.25, 0.3) is 0 Å². The molecule has 0 unspecified atom stereocenters. The first-order valence-electron chi connectivity index (χ1n) is 14.5. The molecule has 3 rings (SSSR count). The zero-order chi connectivity index (χ0) is 26.3. The van der Waals surface area contributed by atoms with E-state index < -0.39 is 0 Å². The molecule has 36 heavy (non-hydrogen) atoms. The highest BCUT2D eigenvalue weighted by Gasteiger charge is 2.31. The Bertz CT molecular complexity index is 757. The molecule has 2 aliphatic rings. The van der Waals surface area contributed by atoms with E-state index in [4.69, 9.17) is 0 Å². The van der Waals surface area contributed by atoms with Crippen molar-refractivity contribution >= 4 is 6.29 Å². The minimum Gasteiger partial charge on any atom is -0.396 e. The summed E-state index contributed by atoms with van der Waals surface area (Å²) in [7, 11) is 0. The maximum absolute atomic E-state index is 14.6. The zero-order valence-electron chi connectivity index (χ0n) is 22.9. The summed E-state index contributed by atoms with van der Waals surface area (Å²) in [4.78, 5) is 9.41. The average Bonchev–Trinajstić information content (AvgIpc) is 2.91. The molecule has 3 nitrogen and oxygen atoms in total. The smallest absolute Gasteiger partial charge is 0.145 e. The molecule has 2 aliphatic carbocycles. The van der Waals surface area contributed by atoms with Crippen LogP contribution in [0.3, 0.4) is 0 Å². The van der Waals surface area contributed by atoms with Gasteiger partial charge < -0.3 is 10.2 Å². The van der Waals surface area contributed by atoms with Crippen molar-refractivity contribution in [1.29, 1.82) is 0 Å². The van der Waals surface area contributed by atoms with Crippen molar-refractivity contribution in [3.63, 3.8) is 0 Å². The minimum atomic E-state index is 0.0127. The molecule has 2 N–H and O–H groups in total. The number of benzene rings is 1. The second-order valence-corrected chi connectivity index (χ2v) is 11.5. The maximum atomic E-state index is 14.6. The predicted molar refractivity (Wildman–Crippen MR) is 148 cm³/mol. The van der Waals surface area contributed by atoms with Crippen molar-refractivity contribution in [2.24, 2.45) is 23.7 Å². The molecular weight excluding hydrogens is 451 g/mol. The van der Waals surface area contributed by atoms with E-state index in [1.165, 1.54) is 69.8 Å². The number of halogens is 1. The summed E-state index contributed by atoms with van der Waals surface area (Å²) in [6.45, 7) is 7.38. The molecule has 1 aromatic carbocycles. The van der Waals surface area contributed by atoms with E-state index in [0.717, 1.165) is 55.3 Å². The van der Waals surface area contributed by atoms with Crippen molar-refractivity contribution in [2.45, 2.75) is 110 Å². The van der Waals surface area contributed by atoms with Crippen LogP contribution in [0.15, 0.2) is 30.4 Å². The van der Waals surface area contributed by atoms with Gasteiger partial charge in [-0.3, -0.25) is 4.79 Å². The second kappa shape index (κ2) is 17.1. The lowest BCUT2D eigenvalue weighted by atomic mass is 9.68. The molecule has 0 amide bonds. The van der Waals surface area contributed by atoms with Crippen LogP contribution in [0.4, 0.5) is 4.39 Å². The average molecular weight is 503 g/mol. The largest absolute Gasteiger partial charge is 0.396 e. The maximum Gasteiger partial charge on any atom is 0.145 e. The number of carbonyl (C=O) groups excluding carboxylic acids is 1. The van der Waals surface area contributed by atoms with E-state index in [9.17, 15) is 19.4 Å². The summed E-state index contributed by atoms with van der Waals surface area (Å²) in [5.74, 6) is 3.15. The van der Waals surface area contributed by atoms with Crippen molar-refractivity contribution in [3.05, 3.63) is 47.3 Å². The Morgan fingerprint density at radius 3 is 2.11 bits per heavy atom. The third-order valence-electron chi connectivity index (χ3n) is 8.63. The lowest BCUT2D eigenvalue weighted by Crippen LogP contribution is -2.26. The molecule has 0 atom stereocenters. The number of aryl methyl sites for hydroxylation is 1. The van der Waals surface area contributed by atoms with Crippen LogP contribution in [0, 0.1) is 29.5 Å². The molecule has 0 saturated heterocycles. The van der Waals surface area contributed by atoms with E-state index in [1.807, 2.05) is 12.1 Å². The van der Waals surface area contributed by atoms with Crippen LogP contribution < -0.4 is 0 Å². The van der Waals surface area contributed by atoms with Crippen LogP contribution >= 0.6 is 0 Å². The summed E-state index contributed by atoms with van der Waals surface area (Å²) >= 11 is 0. The van der Waals surface area contributed by atoms with Gasteiger partial charge in [-0.15, -0.1) is 0 Å². The lowest BCUT2D eigenvalue weighted by molar-refractivity contribution is -0.104. The molecule has 0 spiro atoms. The molecule has 4 heteroatoms. The first-order chi connectivity index (χ1) is 17.4. The van der Waals surface area contributed by atoms with Gasteiger partial charge in [0.15, 0.2) is 0 Å². The van der Waals surface area contributed by atoms with E-state index in [1.54, 1.807) is 6.92 Å². The quantitative estimate of drug-likeness (QED) is 0.174. The van der Waals surface area contributed by atoms with Crippen molar-refractivity contribution in [2.75, 3.05) is 13.2 Å². The standard InChI is InChI=1S/C28H45FO2.C4H6O/c1-2-3-4-5-26-16-17-27(18-28(26)29)25-14-12-24(13-15-25)23-10-8-21(9-11-23)6-7-22(19-30)20-31;1-4(2)3-5/h16-18,21-25,30-31H,2-15,19-20H2,1H3;3H,1H2,2H3. The first-order valence-corrected chi connectivity index (χ1v) is 14.5. The van der Waals surface area contributed by atoms with Crippen LogP contribution in [0.2, 0.25) is 0 Å². The van der Waals surface area contributed by atoms with Crippen LogP contribution in [0.25, 0.3) is 0 Å². The molecular formula is C32H51FO3. The fraction of sp³-hybridized carbons (Fsp3) is 0.719. The van der Waals surface area contributed by atoms with Crippen molar-refractivity contribution in [3.8, 4) is 0 Å². The summed E-state index contributed by atoms with van der Waals surface area (Å²) in [5, 5.41) is 18.5. The minimum absolute atomic E-state index is 0.0127. The van der Waals surface area contributed by atoms with Crippen LogP contribution in [0.5, 0.6) is 0 Å². The Kier molecular flexibility index (Phi) is 14.6. The summed E-state index contributed by atoms with van der Waals surface area (Å²) < 4.78 is 14.6. The fourth-order valence-electron chi connectivity index (χ4n) is 6.17. The lowest BCUT2D eigenvalue weighted by Gasteiger charge is -2.38. The number of unbranched alkanes of at least 4 members (excludes halogenated alkanes) is 2. The Labute approximate surface area is 219 Å². The molecule has 0 aliphatic heterocycles. The Balaban J connectivity index is 0.000000830. The first kappa shape index (κ1) is 30.7. The number of aliphatic hydroxyl groups excluding tert-OH is 2. The Morgan fingerprint density at radius 1 is 1.03 bits per heavy atom. The second-order valence-electron chi connectivity index (χ2n) is 11.5. The van der Waals surface area contributed by atoms with E-state index >= 15 is 0 Å². The SMILES string of the molecule is C=C(C)C=O.CCCCCc1ccc(C2CCC(C3CCC(CCC(CO)CO)CC3)CC2)cc1F. The van der Waals surface area contributed by atoms with Crippen LogP contribution in [-0.4, -0.2) is 29.7 Å². The van der Waals surface area contributed by atoms with Crippen LogP contribution in [0.1, 0.15) is 114 Å². The van der Waals surface area contributed by atoms with E-state index in [0.29, 0.717) is 11.5 Å². The van der Waals surface area contributed by atoms with Gasteiger partial charge in [-0.2, -0.15) is 0 Å². The molecule has 0 heterocycles. The number of carbonyl (C=O) groups is 1. The molecule has 2 fully saturated rings. The number of aliphatic hydroxyl groups is 2. The van der Waals surface area contributed by atoms with Gasteiger partial charge in [0.1, 0.15) is 12.1 Å². The van der Waals surface area contributed by atoms with Gasteiger partial charge in [-0.25, -0.2) is 4.39 Å². The van der Waals surface area contributed by atoms with Gasteiger partial charge >= 0.3 is 0 Å².